The highest BCUT2D eigenvalue weighted by Gasteiger charge is 2.24. The molecule has 0 unspecified atom stereocenters. The fraction of sp³-hybridized carbons (Fsp3) is 0.111. The Balaban J connectivity index is 1.44. The van der Waals surface area contributed by atoms with E-state index in [0.29, 0.717) is 0 Å². The van der Waals surface area contributed by atoms with Crippen LogP contribution in [0.3, 0.4) is 0 Å². The van der Waals surface area contributed by atoms with Crippen molar-refractivity contribution in [3.63, 3.8) is 0 Å². The third kappa shape index (κ3) is 5.10. The molecule has 202 valence electrons. The number of allylic oxidation sites excluding steroid dienone is 3. The zero-order chi connectivity index (χ0) is 28.3. The molecule has 5 nitrogen and oxygen atoms in total. The van der Waals surface area contributed by atoms with Gasteiger partial charge in [-0.25, -0.2) is 9.59 Å². The van der Waals surface area contributed by atoms with Gasteiger partial charge in [-0.3, -0.25) is 0 Å². The topological polar surface area (TPSA) is 55.8 Å². The van der Waals surface area contributed by atoms with E-state index < -0.39 is 11.9 Å². The van der Waals surface area contributed by atoms with Gasteiger partial charge in [0.15, 0.2) is 0 Å². The second kappa shape index (κ2) is 11.1. The van der Waals surface area contributed by atoms with Crippen molar-refractivity contribution in [2.24, 2.45) is 0 Å². The van der Waals surface area contributed by atoms with Crippen LogP contribution in [0, 0.1) is 0 Å². The summed E-state index contributed by atoms with van der Waals surface area (Å²) < 4.78 is 10.5. The van der Waals surface area contributed by atoms with Crippen LogP contribution in [0.1, 0.15) is 34.2 Å². The first-order valence-electron chi connectivity index (χ1n) is 13.6. The van der Waals surface area contributed by atoms with Crippen molar-refractivity contribution in [3.8, 4) is 0 Å². The Morgan fingerprint density at radius 1 is 0.756 bits per heavy atom. The molecule has 0 fully saturated rings. The lowest BCUT2D eigenvalue weighted by molar-refractivity contribution is -0.139. The number of nitrogens with zero attached hydrogens (tertiary/aromatic N) is 1. The molecule has 0 aliphatic heterocycles. The summed E-state index contributed by atoms with van der Waals surface area (Å²) in [5.74, 6) is -0.897. The Labute approximate surface area is 239 Å². The first-order valence-corrected chi connectivity index (χ1v) is 13.6. The minimum atomic E-state index is -0.449. The summed E-state index contributed by atoms with van der Waals surface area (Å²) in [7, 11) is 0. The van der Waals surface area contributed by atoms with Gasteiger partial charge in [0.1, 0.15) is 13.2 Å². The van der Waals surface area contributed by atoms with Crippen molar-refractivity contribution in [2.45, 2.75) is 26.1 Å². The molecule has 5 heteroatoms. The van der Waals surface area contributed by atoms with E-state index in [1.165, 1.54) is 33.0 Å². The lowest BCUT2D eigenvalue weighted by Gasteiger charge is -2.31. The zero-order valence-corrected chi connectivity index (χ0v) is 22.6. The Morgan fingerprint density at radius 3 is 1.93 bits per heavy atom. The van der Waals surface area contributed by atoms with Crippen LogP contribution in [0.4, 0.5) is 17.1 Å². The van der Waals surface area contributed by atoms with E-state index in [1.54, 1.807) is 0 Å². The predicted octanol–water partition coefficient (Wildman–Crippen LogP) is 8.12. The molecule has 0 heterocycles. The number of rotatable bonds is 9. The van der Waals surface area contributed by atoms with E-state index in [1.807, 2.05) is 48.5 Å². The maximum Gasteiger partial charge on any atom is 0.330 e. The number of benzene rings is 4. The van der Waals surface area contributed by atoms with Gasteiger partial charge >= 0.3 is 11.9 Å². The predicted molar refractivity (Wildman–Crippen MR) is 164 cm³/mol. The molecule has 2 aliphatic rings. The van der Waals surface area contributed by atoms with E-state index in [0.717, 1.165) is 53.2 Å². The molecule has 4 aromatic rings. The standard InChI is InChI=1S/C36H29NO4/c1-3-33(38)40-22-24-8-16-29(17-9-24)37(30-18-10-25(11-19-30)23-41-34(39)4-2)32-21-15-28-13-12-26-6-5-7-27-14-20-31(32)36(28)35(26)27/h3-6,8-19,21H,1-2,7,20,22-23H2. The molecule has 0 saturated carbocycles. The summed E-state index contributed by atoms with van der Waals surface area (Å²) in [4.78, 5) is 25.4. The van der Waals surface area contributed by atoms with Crippen LogP contribution in [0.25, 0.3) is 22.4 Å². The number of anilines is 3. The smallest absolute Gasteiger partial charge is 0.330 e. The largest absolute Gasteiger partial charge is 0.458 e. The highest BCUT2D eigenvalue weighted by Crippen LogP contribution is 2.46. The van der Waals surface area contributed by atoms with Crippen molar-refractivity contribution in [1.82, 2.24) is 0 Å². The van der Waals surface area contributed by atoms with Gasteiger partial charge in [0.05, 0.1) is 5.69 Å². The van der Waals surface area contributed by atoms with Crippen LogP contribution >= 0.6 is 0 Å². The summed E-state index contributed by atoms with van der Waals surface area (Å²) in [6, 6.07) is 24.9. The fourth-order valence-electron chi connectivity index (χ4n) is 5.56. The maximum absolute atomic E-state index is 11.6. The van der Waals surface area contributed by atoms with Crippen LogP contribution < -0.4 is 4.90 Å². The average Bonchev–Trinajstić information content (AvgIpc) is 3.03. The summed E-state index contributed by atoms with van der Waals surface area (Å²) in [5, 5.41) is 2.55. The number of ether oxygens (including phenoxy) is 2. The van der Waals surface area contributed by atoms with Gasteiger partial charge in [0.25, 0.3) is 0 Å². The van der Waals surface area contributed by atoms with Crippen molar-refractivity contribution in [1.29, 1.82) is 0 Å². The second-order valence-corrected chi connectivity index (χ2v) is 10.0. The molecule has 41 heavy (non-hydrogen) atoms. The highest BCUT2D eigenvalue weighted by atomic mass is 16.5. The van der Waals surface area contributed by atoms with Crippen LogP contribution in [0.5, 0.6) is 0 Å². The summed E-state index contributed by atoms with van der Waals surface area (Å²) in [6.07, 6.45) is 10.9. The van der Waals surface area contributed by atoms with E-state index in [2.05, 4.69) is 60.6 Å². The van der Waals surface area contributed by atoms with Gasteiger partial charge in [-0.2, -0.15) is 0 Å². The van der Waals surface area contributed by atoms with Gasteiger partial charge in [0.2, 0.25) is 0 Å². The van der Waals surface area contributed by atoms with Gasteiger partial charge in [-0.1, -0.05) is 73.9 Å². The Bertz CT molecular complexity index is 1680. The maximum atomic E-state index is 11.6. The molecule has 0 radical (unpaired) electrons. The summed E-state index contributed by atoms with van der Waals surface area (Å²) in [5.41, 5.74) is 10.1. The van der Waals surface area contributed by atoms with E-state index in [4.69, 9.17) is 9.47 Å². The monoisotopic (exact) mass is 539 g/mol. The second-order valence-electron chi connectivity index (χ2n) is 10.0. The minimum Gasteiger partial charge on any atom is -0.458 e. The Kier molecular flexibility index (Phi) is 7.09. The van der Waals surface area contributed by atoms with Crippen LogP contribution in [0.15, 0.2) is 110 Å². The molecule has 6 rings (SSSR count). The number of carbonyl (C=O) groups excluding carboxylic acids is 2. The number of esters is 2. The highest BCUT2D eigenvalue weighted by molar-refractivity contribution is 6.05. The molecule has 0 saturated heterocycles. The minimum absolute atomic E-state index is 0.178. The molecule has 0 amide bonds. The number of hydrogen-bond acceptors (Lipinski definition) is 5. The van der Waals surface area contributed by atoms with Gasteiger partial charge in [-0.05, 0) is 87.3 Å². The van der Waals surface area contributed by atoms with Crippen LogP contribution in [-0.2, 0) is 38.7 Å². The van der Waals surface area contributed by atoms with Gasteiger partial charge < -0.3 is 14.4 Å². The third-order valence-electron chi connectivity index (χ3n) is 7.54. The van der Waals surface area contributed by atoms with E-state index >= 15 is 0 Å². The molecule has 2 aliphatic carbocycles. The molecule has 0 spiro atoms. The molecular formula is C36H29NO4. The van der Waals surface area contributed by atoms with Gasteiger partial charge in [0, 0.05) is 23.5 Å². The Hall–Kier alpha value is -5.16. The lowest BCUT2D eigenvalue weighted by Crippen LogP contribution is -2.14. The average molecular weight is 540 g/mol. The van der Waals surface area contributed by atoms with Crippen molar-refractivity contribution in [2.75, 3.05) is 4.90 Å². The quantitative estimate of drug-likeness (QED) is 0.159. The van der Waals surface area contributed by atoms with Crippen LogP contribution in [0.2, 0.25) is 0 Å². The van der Waals surface area contributed by atoms with Crippen LogP contribution in [-0.4, -0.2) is 11.9 Å². The van der Waals surface area contributed by atoms with Crippen molar-refractivity contribution in [3.05, 3.63) is 138 Å². The third-order valence-corrected chi connectivity index (χ3v) is 7.54. The first kappa shape index (κ1) is 26.1. The van der Waals surface area contributed by atoms with Gasteiger partial charge in [-0.15, -0.1) is 0 Å². The first-order chi connectivity index (χ1) is 20.1. The van der Waals surface area contributed by atoms with E-state index in [9.17, 15) is 9.59 Å². The SMILES string of the molecule is C=CC(=O)OCc1ccc(N(c2ccc(COC(=O)C=C)cc2)c2ccc3ccc4c5c3c2CC=C5CC=C4)cc1. The number of hydrogen-bond donors (Lipinski definition) is 0. The normalized spacial score (nSPS) is 12.8. The zero-order valence-electron chi connectivity index (χ0n) is 22.6. The lowest BCUT2D eigenvalue weighted by atomic mass is 9.81. The molecule has 0 bridgehead atoms. The van der Waals surface area contributed by atoms with Crippen molar-refractivity contribution < 1.29 is 19.1 Å². The fourth-order valence-corrected chi connectivity index (χ4v) is 5.56. The molecular weight excluding hydrogens is 510 g/mol. The Morgan fingerprint density at radius 2 is 1.34 bits per heavy atom. The summed E-state index contributed by atoms with van der Waals surface area (Å²) >= 11 is 0. The van der Waals surface area contributed by atoms with Crippen molar-refractivity contribution >= 4 is 51.4 Å². The van der Waals surface area contributed by atoms with E-state index in [-0.39, 0.29) is 13.2 Å². The number of carbonyl (C=O) groups is 2. The summed E-state index contributed by atoms with van der Waals surface area (Å²) in [6.45, 7) is 7.27. The molecule has 4 aromatic carbocycles. The molecule has 0 aromatic heterocycles. The molecule has 0 atom stereocenters. The molecule has 0 N–H and O–H groups in total.